The van der Waals surface area contributed by atoms with E-state index in [9.17, 15) is 10.1 Å². The lowest BCUT2D eigenvalue weighted by atomic mass is 10.9. The highest BCUT2D eigenvalue weighted by atomic mass is 32.2. The van der Waals surface area contributed by atoms with Gasteiger partial charge in [-0.1, -0.05) is 0 Å². The minimum absolute atomic E-state index is 0.402. The first-order valence-electron chi connectivity index (χ1n) is 1.92. The van der Waals surface area contributed by atoms with E-state index in [2.05, 4.69) is 11.5 Å². The van der Waals surface area contributed by atoms with Gasteiger partial charge in [-0.05, 0) is 11.8 Å². The largest absolute Gasteiger partial charge is 0.336 e. The Bertz CT molecular complexity index is 127. The number of nitrogens with one attached hydrogen (secondary N) is 1. The molecule has 0 spiro atoms. The van der Waals surface area contributed by atoms with Gasteiger partial charge in [0.1, 0.15) is 0 Å². The Kier molecular flexibility index (Phi) is 1.38. The highest BCUT2D eigenvalue weighted by Crippen LogP contribution is 2.13. The van der Waals surface area contributed by atoms with Gasteiger partial charge in [-0.3, -0.25) is 10.1 Å². The number of rotatable bonds is 1. The molecule has 0 bridgehead atoms. The third-order valence-corrected chi connectivity index (χ3v) is 1.46. The van der Waals surface area contributed by atoms with E-state index in [1.165, 1.54) is 5.41 Å². The summed E-state index contributed by atoms with van der Waals surface area (Å²) in [4.78, 5) is 9.46. The number of thioether (sulfide) groups is 1. The van der Waals surface area contributed by atoms with E-state index in [1.807, 2.05) is 0 Å². The van der Waals surface area contributed by atoms with Crippen molar-refractivity contribution in [3.8, 4) is 0 Å². The average molecular weight is 131 g/mol. The molecule has 1 radical (unpaired) electrons. The molecule has 8 heavy (non-hydrogen) atoms. The summed E-state index contributed by atoms with van der Waals surface area (Å²) >= 11 is 1.10. The summed E-state index contributed by atoms with van der Waals surface area (Å²) in [5.74, 6) is 0. The zero-order valence-corrected chi connectivity index (χ0v) is 4.64. The molecule has 0 aromatic rings. The summed E-state index contributed by atoms with van der Waals surface area (Å²) in [5.41, 5.74) is -0.713. The number of nitrogens with zero attached hydrogens (tertiary/aromatic N) is 1. The highest BCUT2D eigenvalue weighted by molar-refractivity contribution is 8.02. The zero-order chi connectivity index (χ0) is 5.98. The van der Waals surface area contributed by atoms with Crippen LogP contribution in [0.5, 0.6) is 0 Å². The molecule has 4 nitrogen and oxygen atoms in total. The van der Waals surface area contributed by atoms with Crippen LogP contribution in [0.15, 0.2) is 5.41 Å². The van der Waals surface area contributed by atoms with Gasteiger partial charge in [-0.15, -0.1) is 0 Å². The Morgan fingerprint density at radius 2 is 2.75 bits per heavy atom. The van der Waals surface area contributed by atoms with E-state index < -0.39 is 10.4 Å². The van der Waals surface area contributed by atoms with E-state index in [1.54, 1.807) is 0 Å². The molecule has 0 aliphatic carbocycles. The molecule has 0 amide bonds. The van der Waals surface area contributed by atoms with Crippen LogP contribution in [0.1, 0.15) is 0 Å². The van der Waals surface area contributed by atoms with Crippen LogP contribution >= 0.6 is 11.8 Å². The first-order valence-corrected chi connectivity index (χ1v) is 2.86. The molecule has 1 N–H and O–H groups in total. The predicted molar refractivity (Wildman–Crippen MR) is 29.3 cm³/mol. The summed E-state index contributed by atoms with van der Waals surface area (Å²) in [6, 6.07) is 0. The standard InChI is InChI=1S/C3H3N2O2S/c6-5(7)3-4-1-2-8-3/h2-4H. The maximum Gasteiger partial charge on any atom is 0.336 e. The Hall–Kier alpha value is -0.710. The quantitative estimate of drug-likeness (QED) is 0.406. The summed E-state index contributed by atoms with van der Waals surface area (Å²) in [5, 5.41) is 13.8. The van der Waals surface area contributed by atoms with Crippen molar-refractivity contribution < 1.29 is 4.92 Å². The molecule has 1 unspecified atom stereocenters. The van der Waals surface area contributed by atoms with Crippen molar-refractivity contribution in [2.45, 2.75) is 5.50 Å². The molecular formula is C3H3N2O2S. The molecule has 5 heteroatoms. The van der Waals surface area contributed by atoms with Gasteiger partial charge in [0.2, 0.25) is 0 Å². The van der Waals surface area contributed by atoms with Crippen LogP contribution in [0.4, 0.5) is 0 Å². The first kappa shape index (κ1) is 5.43. The van der Waals surface area contributed by atoms with E-state index in [0.29, 0.717) is 0 Å². The van der Waals surface area contributed by atoms with Gasteiger partial charge >= 0.3 is 5.50 Å². The monoisotopic (exact) mass is 131 g/mol. The van der Waals surface area contributed by atoms with Gasteiger partial charge < -0.3 is 5.32 Å². The topological polar surface area (TPSA) is 55.2 Å². The molecule has 1 rings (SSSR count). The van der Waals surface area contributed by atoms with Crippen molar-refractivity contribution in [3.05, 3.63) is 21.7 Å². The van der Waals surface area contributed by atoms with Crippen molar-refractivity contribution in [1.82, 2.24) is 5.32 Å². The molecule has 0 saturated heterocycles. The third kappa shape index (κ3) is 0.919. The third-order valence-electron chi connectivity index (χ3n) is 0.654. The fourth-order valence-corrected chi connectivity index (χ4v) is 0.841. The van der Waals surface area contributed by atoms with Crippen molar-refractivity contribution in [2.75, 3.05) is 0 Å². The average Bonchev–Trinajstić information content (AvgIpc) is 2.12. The number of hydrogen-bond donors (Lipinski definition) is 1. The first-order chi connectivity index (χ1) is 3.80. The molecule has 43 valence electrons. The predicted octanol–water partition coefficient (Wildman–Crippen LogP) is 0.157. The Morgan fingerprint density at radius 3 is 3.00 bits per heavy atom. The molecule has 0 fully saturated rings. The smallest absolute Gasteiger partial charge is 0.312 e. The number of hydrogen-bond acceptors (Lipinski definition) is 4. The maximum atomic E-state index is 9.86. The lowest BCUT2D eigenvalue weighted by molar-refractivity contribution is -0.499. The van der Waals surface area contributed by atoms with E-state index in [4.69, 9.17) is 0 Å². The second-order valence-corrected chi connectivity index (χ2v) is 2.13. The van der Waals surface area contributed by atoms with Crippen molar-refractivity contribution in [3.63, 3.8) is 0 Å². The van der Waals surface area contributed by atoms with Gasteiger partial charge in [-0.2, -0.15) is 0 Å². The second kappa shape index (κ2) is 2.04. The fraction of sp³-hybridized carbons (Fsp3) is 0.333. The van der Waals surface area contributed by atoms with Gasteiger partial charge in [-0.25, -0.2) is 0 Å². The lowest BCUT2D eigenvalue weighted by Crippen LogP contribution is -2.25. The zero-order valence-electron chi connectivity index (χ0n) is 3.83. The molecule has 0 saturated carbocycles. The van der Waals surface area contributed by atoms with Crippen LogP contribution in [0.2, 0.25) is 0 Å². The van der Waals surface area contributed by atoms with Gasteiger partial charge in [0.15, 0.2) is 0 Å². The molecule has 1 aliphatic rings. The Balaban J connectivity index is 2.41. The van der Waals surface area contributed by atoms with Crippen LogP contribution in [0.25, 0.3) is 0 Å². The van der Waals surface area contributed by atoms with Gasteiger partial charge in [0, 0.05) is 5.41 Å². The van der Waals surface area contributed by atoms with Crippen LogP contribution < -0.4 is 5.32 Å². The second-order valence-electron chi connectivity index (χ2n) is 1.18. The van der Waals surface area contributed by atoms with E-state index in [-0.39, 0.29) is 0 Å². The Labute approximate surface area is 50.1 Å². The molecule has 1 aliphatic heterocycles. The normalized spacial score (nSPS) is 25.2. The molecule has 0 aromatic heterocycles. The number of nitro groups is 1. The Morgan fingerprint density at radius 1 is 2.00 bits per heavy atom. The van der Waals surface area contributed by atoms with E-state index in [0.717, 1.165) is 11.8 Å². The van der Waals surface area contributed by atoms with Crippen LogP contribution in [0.3, 0.4) is 0 Å². The van der Waals surface area contributed by atoms with Crippen molar-refractivity contribution in [1.29, 1.82) is 0 Å². The molecule has 1 atom stereocenters. The minimum atomic E-state index is -0.713. The van der Waals surface area contributed by atoms with Gasteiger partial charge in [0.25, 0.3) is 0 Å². The van der Waals surface area contributed by atoms with Crippen LogP contribution in [-0.4, -0.2) is 10.4 Å². The SMILES string of the molecule is O=[N+]([O-])C1N[C]=CS1. The molecule has 1 heterocycles. The van der Waals surface area contributed by atoms with Gasteiger partial charge in [0.05, 0.1) is 11.1 Å². The lowest BCUT2D eigenvalue weighted by Gasteiger charge is -1.96. The molecule has 0 aromatic carbocycles. The summed E-state index contributed by atoms with van der Waals surface area (Å²) < 4.78 is 0. The van der Waals surface area contributed by atoms with E-state index >= 15 is 0 Å². The fourth-order valence-electron chi connectivity index (χ4n) is 0.340. The van der Waals surface area contributed by atoms with Crippen LogP contribution in [0, 0.1) is 16.3 Å². The summed E-state index contributed by atoms with van der Waals surface area (Å²) in [6.07, 6.45) is 2.50. The minimum Gasteiger partial charge on any atom is -0.312 e. The van der Waals surface area contributed by atoms with Crippen molar-refractivity contribution in [2.24, 2.45) is 0 Å². The van der Waals surface area contributed by atoms with Crippen LogP contribution in [-0.2, 0) is 0 Å². The summed E-state index contributed by atoms with van der Waals surface area (Å²) in [7, 11) is 0. The highest BCUT2D eigenvalue weighted by Gasteiger charge is 2.20. The summed E-state index contributed by atoms with van der Waals surface area (Å²) in [6.45, 7) is 0. The maximum absolute atomic E-state index is 9.86. The van der Waals surface area contributed by atoms with Crippen molar-refractivity contribution >= 4 is 11.8 Å². The molecular weight excluding hydrogens is 128 g/mol.